The van der Waals surface area contributed by atoms with Gasteiger partial charge in [0.2, 0.25) is 0 Å². The number of benzene rings is 1. The van der Waals surface area contributed by atoms with E-state index in [4.69, 9.17) is 0 Å². The first-order valence-corrected chi connectivity index (χ1v) is 6.60. The average molecular weight is 244 g/mol. The van der Waals surface area contributed by atoms with Crippen LogP contribution in [0.4, 0.5) is 4.39 Å². The molecule has 1 N–H and O–H groups in total. The van der Waals surface area contributed by atoms with E-state index in [2.05, 4.69) is 9.97 Å². The highest BCUT2D eigenvalue weighted by Gasteiger charge is 2.30. The van der Waals surface area contributed by atoms with E-state index < -0.39 is 0 Å². The number of H-pyrrole nitrogens is 1. The summed E-state index contributed by atoms with van der Waals surface area (Å²) in [6.07, 6.45) is 8.15. The summed E-state index contributed by atoms with van der Waals surface area (Å²) in [5.41, 5.74) is 0.846. The summed E-state index contributed by atoms with van der Waals surface area (Å²) in [5, 5.41) is 0. The van der Waals surface area contributed by atoms with Crippen molar-refractivity contribution in [2.24, 2.45) is 0 Å². The van der Waals surface area contributed by atoms with E-state index in [0.29, 0.717) is 5.92 Å². The molecule has 2 aromatic rings. The molecule has 1 fully saturated rings. The third kappa shape index (κ3) is 2.05. The van der Waals surface area contributed by atoms with Crippen LogP contribution in [0.1, 0.15) is 48.9 Å². The first-order chi connectivity index (χ1) is 8.86. The maximum Gasteiger partial charge on any atom is 0.126 e. The molecule has 18 heavy (non-hydrogen) atoms. The molecule has 2 nitrogen and oxygen atoms in total. The van der Waals surface area contributed by atoms with Crippen molar-refractivity contribution in [3.8, 4) is 0 Å². The number of hydrogen-bond acceptors (Lipinski definition) is 1. The minimum atomic E-state index is -0.0824. The molecular weight excluding hydrogens is 227 g/mol. The Morgan fingerprint density at radius 3 is 2.61 bits per heavy atom. The Bertz CT molecular complexity index is 507. The van der Waals surface area contributed by atoms with Crippen LogP contribution < -0.4 is 0 Å². The SMILES string of the molecule is Fc1ccccc1C1CCCCC1c1ncc[nH]1. The zero-order chi connectivity index (χ0) is 12.4. The van der Waals surface area contributed by atoms with Crippen molar-refractivity contribution < 1.29 is 4.39 Å². The second-order valence-electron chi connectivity index (χ2n) is 4.99. The lowest BCUT2D eigenvalue weighted by atomic mass is 9.75. The molecule has 2 atom stereocenters. The van der Waals surface area contributed by atoms with Gasteiger partial charge in [-0.15, -0.1) is 0 Å². The summed E-state index contributed by atoms with van der Waals surface area (Å²) < 4.78 is 14.0. The molecule has 3 heteroatoms. The van der Waals surface area contributed by atoms with Crippen molar-refractivity contribution >= 4 is 0 Å². The van der Waals surface area contributed by atoms with Crippen LogP contribution in [0.25, 0.3) is 0 Å². The van der Waals surface area contributed by atoms with E-state index in [1.807, 2.05) is 18.3 Å². The normalized spacial score (nSPS) is 24.1. The van der Waals surface area contributed by atoms with Gasteiger partial charge in [-0.2, -0.15) is 0 Å². The molecule has 1 heterocycles. The molecule has 0 radical (unpaired) electrons. The molecule has 1 aromatic heterocycles. The van der Waals surface area contributed by atoms with Crippen LogP contribution in [0.3, 0.4) is 0 Å². The van der Waals surface area contributed by atoms with Gasteiger partial charge in [-0.3, -0.25) is 0 Å². The molecule has 0 aliphatic heterocycles. The highest BCUT2D eigenvalue weighted by Crippen LogP contribution is 2.43. The molecule has 1 aromatic carbocycles. The monoisotopic (exact) mass is 244 g/mol. The van der Waals surface area contributed by atoms with Crippen LogP contribution in [0.2, 0.25) is 0 Å². The largest absolute Gasteiger partial charge is 0.348 e. The lowest BCUT2D eigenvalue weighted by molar-refractivity contribution is 0.366. The molecular formula is C15H17FN2. The first-order valence-electron chi connectivity index (χ1n) is 6.60. The van der Waals surface area contributed by atoms with E-state index in [-0.39, 0.29) is 11.7 Å². The zero-order valence-corrected chi connectivity index (χ0v) is 10.3. The molecule has 1 saturated carbocycles. The Labute approximate surface area is 106 Å². The molecule has 0 bridgehead atoms. The number of hydrogen-bond donors (Lipinski definition) is 1. The lowest BCUT2D eigenvalue weighted by Gasteiger charge is -2.30. The van der Waals surface area contributed by atoms with E-state index >= 15 is 0 Å². The van der Waals surface area contributed by atoms with Gasteiger partial charge < -0.3 is 4.98 Å². The maximum atomic E-state index is 14.0. The Kier molecular flexibility index (Phi) is 3.13. The van der Waals surface area contributed by atoms with Crippen molar-refractivity contribution in [2.45, 2.75) is 37.5 Å². The van der Waals surface area contributed by atoms with Crippen LogP contribution in [-0.2, 0) is 0 Å². The minimum absolute atomic E-state index is 0.0824. The Morgan fingerprint density at radius 1 is 1.11 bits per heavy atom. The standard InChI is InChI=1S/C15H17FN2/c16-14-8-4-3-6-12(14)11-5-1-2-7-13(11)15-17-9-10-18-15/h3-4,6,8-11,13H,1-2,5,7H2,(H,17,18). The Balaban J connectivity index is 1.95. The molecule has 0 spiro atoms. The first kappa shape index (κ1) is 11.5. The minimum Gasteiger partial charge on any atom is -0.348 e. The zero-order valence-electron chi connectivity index (χ0n) is 10.3. The lowest BCUT2D eigenvalue weighted by Crippen LogP contribution is -2.18. The fourth-order valence-electron chi connectivity index (χ4n) is 3.09. The van der Waals surface area contributed by atoms with Gasteiger partial charge in [0.25, 0.3) is 0 Å². The van der Waals surface area contributed by atoms with Crippen LogP contribution in [0, 0.1) is 5.82 Å². The van der Waals surface area contributed by atoms with Crippen LogP contribution in [0.5, 0.6) is 0 Å². The van der Waals surface area contributed by atoms with Gasteiger partial charge in [-0.25, -0.2) is 9.37 Å². The third-order valence-corrected chi connectivity index (χ3v) is 3.94. The van der Waals surface area contributed by atoms with Crippen LogP contribution in [0.15, 0.2) is 36.7 Å². The second-order valence-corrected chi connectivity index (χ2v) is 4.99. The number of halogens is 1. The van der Waals surface area contributed by atoms with Crippen molar-refractivity contribution in [3.05, 3.63) is 53.9 Å². The molecule has 0 saturated heterocycles. The highest BCUT2D eigenvalue weighted by molar-refractivity contribution is 5.26. The van der Waals surface area contributed by atoms with Gasteiger partial charge in [-0.05, 0) is 30.4 Å². The molecule has 3 rings (SSSR count). The quantitative estimate of drug-likeness (QED) is 0.850. The van der Waals surface area contributed by atoms with Gasteiger partial charge >= 0.3 is 0 Å². The fourth-order valence-corrected chi connectivity index (χ4v) is 3.09. The molecule has 94 valence electrons. The second kappa shape index (κ2) is 4.92. The van der Waals surface area contributed by atoms with E-state index in [9.17, 15) is 4.39 Å². The summed E-state index contributed by atoms with van der Waals surface area (Å²) >= 11 is 0. The molecule has 1 aliphatic carbocycles. The number of nitrogens with zero attached hydrogens (tertiary/aromatic N) is 1. The van der Waals surface area contributed by atoms with Gasteiger partial charge in [0.1, 0.15) is 11.6 Å². The van der Waals surface area contributed by atoms with Crippen molar-refractivity contribution in [3.63, 3.8) is 0 Å². The number of aromatic nitrogens is 2. The summed E-state index contributed by atoms with van der Waals surface area (Å²) in [4.78, 5) is 7.56. The van der Waals surface area contributed by atoms with E-state index in [1.165, 1.54) is 12.8 Å². The molecule has 1 aliphatic rings. The van der Waals surface area contributed by atoms with Gasteiger partial charge in [-0.1, -0.05) is 31.0 Å². The predicted octanol–water partition coefficient (Wildman–Crippen LogP) is 3.99. The van der Waals surface area contributed by atoms with Gasteiger partial charge in [0, 0.05) is 18.3 Å². The average Bonchev–Trinajstić information content (AvgIpc) is 2.93. The maximum absolute atomic E-state index is 14.0. The smallest absolute Gasteiger partial charge is 0.126 e. The molecule has 2 unspecified atom stereocenters. The Hall–Kier alpha value is -1.64. The topological polar surface area (TPSA) is 28.7 Å². The summed E-state index contributed by atoms with van der Waals surface area (Å²) in [7, 11) is 0. The number of aromatic amines is 1. The van der Waals surface area contributed by atoms with Crippen LogP contribution in [-0.4, -0.2) is 9.97 Å². The van der Waals surface area contributed by atoms with Crippen LogP contribution >= 0.6 is 0 Å². The fraction of sp³-hybridized carbons (Fsp3) is 0.400. The van der Waals surface area contributed by atoms with Crippen molar-refractivity contribution in [1.82, 2.24) is 9.97 Å². The number of imidazole rings is 1. The third-order valence-electron chi connectivity index (χ3n) is 3.94. The number of rotatable bonds is 2. The summed E-state index contributed by atoms with van der Waals surface area (Å²) in [6.45, 7) is 0. The number of nitrogens with one attached hydrogen (secondary N) is 1. The van der Waals surface area contributed by atoms with E-state index in [0.717, 1.165) is 24.2 Å². The summed E-state index contributed by atoms with van der Waals surface area (Å²) in [5.74, 6) is 1.50. The van der Waals surface area contributed by atoms with Gasteiger partial charge in [0.15, 0.2) is 0 Å². The summed E-state index contributed by atoms with van der Waals surface area (Å²) in [6, 6.07) is 7.15. The van der Waals surface area contributed by atoms with Crippen molar-refractivity contribution in [2.75, 3.05) is 0 Å². The van der Waals surface area contributed by atoms with E-state index in [1.54, 1.807) is 18.3 Å². The van der Waals surface area contributed by atoms with Gasteiger partial charge in [0.05, 0.1) is 0 Å². The predicted molar refractivity (Wildman–Crippen MR) is 68.9 cm³/mol. The molecule has 0 amide bonds. The van der Waals surface area contributed by atoms with Crippen molar-refractivity contribution in [1.29, 1.82) is 0 Å². The Morgan fingerprint density at radius 2 is 1.89 bits per heavy atom. The highest BCUT2D eigenvalue weighted by atomic mass is 19.1.